The molecule has 0 aliphatic carbocycles. The minimum atomic E-state index is -0.925. The molecule has 35 heavy (non-hydrogen) atoms. The van der Waals surface area contributed by atoms with Crippen LogP contribution in [0.15, 0.2) is 71.9 Å². The van der Waals surface area contributed by atoms with Gasteiger partial charge in [0.2, 0.25) is 0 Å². The van der Waals surface area contributed by atoms with Gasteiger partial charge in [-0.1, -0.05) is 29.4 Å². The van der Waals surface area contributed by atoms with Gasteiger partial charge in [-0.25, -0.2) is 0 Å². The van der Waals surface area contributed by atoms with E-state index in [9.17, 15) is 4.79 Å². The number of nitrogens with two attached hydrogens (primary N) is 1. The van der Waals surface area contributed by atoms with Gasteiger partial charge in [0, 0.05) is 18.0 Å². The summed E-state index contributed by atoms with van der Waals surface area (Å²) in [6.45, 7) is 1.35. The van der Waals surface area contributed by atoms with Crippen LogP contribution in [0.1, 0.15) is 34.7 Å². The average molecular weight is 477 g/mol. The SMILES string of the molecule is CO/N=C(\COc1ccc(COc2ccc(C(N)CC(=O)O)cc2)cc1)c1ccc2c(c1)CCO2. The van der Waals surface area contributed by atoms with E-state index in [1.54, 1.807) is 24.3 Å². The second-order valence-electron chi connectivity index (χ2n) is 8.14. The third-order valence-corrected chi connectivity index (χ3v) is 5.63. The fourth-order valence-corrected chi connectivity index (χ4v) is 3.76. The van der Waals surface area contributed by atoms with E-state index in [0.717, 1.165) is 34.4 Å². The number of ether oxygens (including phenoxy) is 3. The van der Waals surface area contributed by atoms with Crippen LogP contribution in [0.2, 0.25) is 0 Å². The van der Waals surface area contributed by atoms with Gasteiger partial charge in [-0.2, -0.15) is 0 Å². The van der Waals surface area contributed by atoms with Crippen molar-refractivity contribution >= 4 is 11.7 Å². The van der Waals surface area contributed by atoms with Gasteiger partial charge in [0.1, 0.15) is 43.3 Å². The minimum Gasteiger partial charge on any atom is -0.493 e. The summed E-state index contributed by atoms with van der Waals surface area (Å²) in [7, 11) is 1.52. The molecule has 0 radical (unpaired) electrons. The van der Waals surface area contributed by atoms with Crippen molar-refractivity contribution in [1.82, 2.24) is 0 Å². The summed E-state index contributed by atoms with van der Waals surface area (Å²) in [5, 5.41) is 13.0. The van der Waals surface area contributed by atoms with Crippen molar-refractivity contribution in [2.75, 3.05) is 20.3 Å². The Labute approximate surface area is 203 Å². The van der Waals surface area contributed by atoms with Crippen LogP contribution >= 0.6 is 0 Å². The van der Waals surface area contributed by atoms with Crippen molar-refractivity contribution in [1.29, 1.82) is 0 Å². The Morgan fingerprint density at radius 1 is 1.06 bits per heavy atom. The van der Waals surface area contributed by atoms with Crippen LogP contribution < -0.4 is 19.9 Å². The van der Waals surface area contributed by atoms with Crippen LogP contribution in [0, 0.1) is 0 Å². The Morgan fingerprint density at radius 3 is 2.49 bits per heavy atom. The maximum atomic E-state index is 10.8. The number of rotatable bonds is 11. The fraction of sp³-hybridized carbons (Fsp3) is 0.259. The molecular formula is C27H28N2O6. The zero-order valence-electron chi connectivity index (χ0n) is 19.5. The highest BCUT2D eigenvalue weighted by atomic mass is 16.6. The molecule has 1 atom stereocenters. The third-order valence-electron chi connectivity index (χ3n) is 5.63. The molecule has 1 aliphatic rings. The highest BCUT2D eigenvalue weighted by molar-refractivity contribution is 6.01. The highest BCUT2D eigenvalue weighted by Crippen LogP contribution is 2.26. The number of carboxylic acids is 1. The summed E-state index contributed by atoms with van der Waals surface area (Å²) < 4.78 is 17.3. The number of nitrogens with zero attached hydrogens (tertiary/aromatic N) is 1. The molecule has 4 rings (SSSR count). The molecule has 0 bridgehead atoms. The normalized spacial score (nSPS) is 13.5. The van der Waals surface area contributed by atoms with Gasteiger partial charge in [-0.3, -0.25) is 4.79 Å². The first-order valence-corrected chi connectivity index (χ1v) is 11.3. The Bertz CT molecular complexity index is 1180. The van der Waals surface area contributed by atoms with E-state index < -0.39 is 12.0 Å². The maximum absolute atomic E-state index is 10.8. The zero-order chi connectivity index (χ0) is 24.6. The first-order chi connectivity index (χ1) is 17.0. The van der Waals surface area contributed by atoms with Crippen molar-refractivity contribution in [3.8, 4) is 17.2 Å². The molecule has 0 fully saturated rings. The number of hydrogen-bond acceptors (Lipinski definition) is 7. The van der Waals surface area contributed by atoms with Gasteiger partial charge in [-0.15, -0.1) is 0 Å². The molecule has 3 aromatic rings. The Kier molecular flexibility index (Phi) is 7.84. The summed E-state index contributed by atoms with van der Waals surface area (Å²) in [4.78, 5) is 15.8. The van der Waals surface area contributed by atoms with Gasteiger partial charge in [0.05, 0.1) is 13.0 Å². The van der Waals surface area contributed by atoms with Crippen LogP contribution in [-0.2, 0) is 22.7 Å². The molecule has 1 aliphatic heterocycles. The lowest BCUT2D eigenvalue weighted by Gasteiger charge is -2.12. The largest absolute Gasteiger partial charge is 0.493 e. The molecular weight excluding hydrogens is 448 g/mol. The number of carboxylic acid groups (broad SMARTS) is 1. The quantitative estimate of drug-likeness (QED) is 0.316. The fourth-order valence-electron chi connectivity index (χ4n) is 3.76. The van der Waals surface area contributed by atoms with E-state index in [-0.39, 0.29) is 13.0 Å². The van der Waals surface area contributed by atoms with Crippen molar-refractivity contribution in [2.45, 2.75) is 25.5 Å². The van der Waals surface area contributed by atoms with E-state index in [1.807, 2.05) is 36.4 Å². The lowest BCUT2D eigenvalue weighted by Crippen LogP contribution is -2.14. The summed E-state index contributed by atoms with van der Waals surface area (Å²) in [5.41, 5.74) is 10.4. The van der Waals surface area contributed by atoms with E-state index >= 15 is 0 Å². The highest BCUT2D eigenvalue weighted by Gasteiger charge is 2.15. The summed E-state index contributed by atoms with van der Waals surface area (Å²) >= 11 is 0. The first-order valence-electron chi connectivity index (χ1n) is 11.3. The molecule has 0 aromatic heterocycles. The van der Waals surface area contributed by atoms with Crippen LogP contribution in [0.5, 0.6) is 17.2 Å². The standard InChI is InChI=1S/C27H28N2O6/c1-32-29-25(20-6-11-26-21(14-20)12-13-33-26)17-35-22-7-2-18(3-8-22)16-34-23-9-4-19(5-10-23)24(28)15-27(30)31/h2-11,14,24H,12-13,15-17,28H2,1H3,(H,30,31)/b29-25+. The summed E-state index contributed by atoms with van der Waals surface area (Å²) in [6, 6.07) is 20.2. The van der Waals surface area contributed by atoms with Crippen LogP contribution in [0.3, 0.4) is 0 Å². The summed E-state index contributed by atoms with van der Waals surface area (Å²) in [6.07, 6.45) is 0.770. The van der Waals surface area contributed by atoms with E-state index in [4.69, 9.17) is 29.9 Å². The number of benzene rings is 3. The maximum Gasteiger partial charge on any atom is 0.305 e. The van der Waals surface area contributed by atoms with Crippen molar-refractivity contribution in [3.05, 3.63) is 89.0 Å². The molecule has 0 saturated heterocycles. The molecule has 3 N–H and O–H groups in total. The van der Waals surface area contributed by atoms with Crippen molar-refractivity contribution < 1.29 is 28.9 Å². The lowest BCUT2D eigenvalue weighted by atomic mass is 10.0. The van der Waals surface area contributed by atoms with Crippen LogP contribution in [-0.4, -0.2) is 37.1 Å². The number of hydrogen-bond donors (Lipinski definition) is 2. The molecule has 0 spiro atoms. The van der Waals surface area contributed by atoms with Gasteiger partial charge in [0.15, 0.2) is 0 Å². The Morgan fingerprint density at radius 2 is 1.77 bits per heavy atom. The Hall–Kier alpha value is -4.04. The average Bonchev–Trinajstić information content (AvgIpc) is 3.34. The molecule has 0 amide bonds. The van der Waals surface area contributed by atoms with Gasteiger partial charge >= 0.3 is 5.97 Å². The van der Waals surface area contributed by atoms with E-state index in [1.165, 1.54) is 7.11 Å². The molecule has 8 nitrogen and oxygen atoms in total. The molecule has 1 unspecified atom stereocenters. The molecule has 182 valence electrons. The van der Waals surface area contributed by atoms with Crippen LogP contribution in [0.25, 0.3) is 0 Å². The van der Waals surface area contributed by atoms with E-state index in [2.05, 4.69) is 11.2 Å². The lowest BCUT2D eigenvalue weighted by molar-refractivity contribution is -0.137. The molecule has 3 aromatic carbocycles. The summed E-state index contributed by atoms with van der Waals surface area (Å²) in [5.74, 6) is 1.38. The van der Waals surface area contributed by atoms with E-state index in [0.29, 0.717) is 30.4 Å². The Balaban J connectivity index is 1.30. The molecule has 1 heterocycles. The monoisotopic (exact) mass is 476 g/mol. The molecule has 8 heteroatoms. The number of carbonyl (C=O) groups is 1. The number of fused-ring (bicyclic) bond motifs is 1. The van der Waals surface area contributed by atoms with Gasteiger partial charge < -0.3 is 29.9 Å². The molecule has 0 saturated carbocycles. The zero-order valence-corrected chi connectivity index (χ0v) is 19.5. The smallest absolute Gasteiger partial charge is 0.305 e. The topological polar surface area (TPSA) is 113 Å². The van der Waals surface area contributed by atoms with Gasteiger partial charge in [0.25, 0.3) is 0 Å². The third kappa shape index (κ3) is 6.51. The number of aliphatic carboxylic acids is 1. The van der Waals surface area contributed by atoms with Crippen molar-refractivity contribution in [2.24, 2.45) is 10.9 Å². The van der Waals surface area contributed by atoms with Crippen molar-refractivity contribution in [3.63, 3.8) is 0 Å². The first kappa shape index (κ1) is 24.1. The number of oxime groups is 1. The predicted octanol–water partition coefficient (Wildman–Crippen LogP) is 4.10. The second kappa shape index (κ2) is 11.4. The minimum absolute atomic E-state index is 0.115. The second-order valence-corrected chi connectivity index (χ2v) is 8.14. The van der Waals surface area contributed by atoms with Crippen LogP contribution in [0.4, 0.5) is 0 Å². The van der Waals surface area contributed by atoms with Gasteiger partial charge in [-0.05, 0) is 59.2 Å². The predicted molar refractivity (Wildman–Crippen MR) is 131 cm³/mol.